The molecule has 0 spiro atoms. The number of pyridine rings is 1. The molecule has 0 atom stereocenters. The van der Waals surface area contributed by atoms with E-state index in [0.29, 0.717) is 0 Å². The van der Waals surface area contributed by atoms with Crippen molar-refractivity contribution in [3.63, 3.8) is 0 Å². The van der Waals surface area contributed by atoms with Gasteiger partial charge in [0, 0.05) is 12.4 Å². The van der Waals surface area contributed by atoms with E-state index in [9.17, 15) is 4.39 Å². The van der Waals surface area contributed by atoms with Gasteiger partial charge in [-0.2, -0.15) is 0 Å². The van der Waals surface area contributed by atoms with Gasteiger partial charge < -0.3 is 4.74 Å². The monoisotopic (exact) mass is 417 g/mol. The van der Waals surface area contributed by atoms with Crippen LogP contribution in [0.3, 0.4) is 0 Å². The maximum atomic E-state index is 12.1. The maximum Gasteiger partial charge on any atom is 0.123 e. The second-order valence-corrected chi connectivity index (χ2v) is 7.00. The van der Waals surface area contributed by atoms with Gasteiger partial charge in [0.1, 0.15) is 11.6 Å². The standard InChI is InChI=1S/C8H10O.C7H7F.C7H8.C6H7N/c1-7-3-5-8(9-2)6-4-7;1-6-2-4-7(8)5-3-6;1-7-5-3-2-4-6-7;1-6-3-2-4-7-5-6/h3-6H,1-2H3;2-5H,1H3;2-6H,1H3;2-5H,1H3. The van der Waals surface area contributed by atoms with E-state index in [1.807, 2.05) is 74.6 Å². The van der Waals surface area contributed by atoms with E-state index in [1.165, 1.54) is 28.8 Å². The van der Waals surface area contributed by atoms with E-state index in [1.54, 1.807) is 25.4 Å². The van der Waals surface area contributed by atoms with Crippen LogP contribution in [0.4, 0.5) is 4.39 Å². The maximum absolute atomic E-state index is 12.1. The molecule has 0 radical (unpaired) electrons. The number of rotatable bonds is 1. The van der Waals surface area contributed by atoms with Crippen molar-refractivity contribution in [2.75, 3.05) is 7.11 Å². The molecule has 31 heavy (non-hydrogen) atoms. The molecule has 0 bridgehead atoms. The van der Waals surface area contributed by atoms with Crippen molar-refractivity contribution < 1.29 is 9.13 Å². The molecule has 0 fully saturated rings. The second-order valence-electron chi connectivity index (χ2n) is 7.00. The van der Waals surface area contributed by atoms with Crippen LogP contribution in [0.25, 0.3) is 0 Å². The molecule has 3 heteroatoms. The Kier molecular flexibility index (Phi) is 12.7. The van der Waals surface area contributed by atoms with Crippen LogP contribution >= 0.6 is 0 Å². The summed E-state index contributed by atoms with van der Waals surface area (Å²) in [6.45, 7) is 8.09. The lowest BCUT2D eigenvalue weighted by Crippen LogP contribution is -1.80. The van der Waals surface area contributed by atoms with E-state index in [-0.39, 0.29) is 5.82 Å². The Balaban J connectivity index is 0.000000208. The fourth-order valence-corrected chi connectivity index (χ4v) is 2.19. The van der Waals surface area contributed by atoms with Gasteiger partial charge in [0.15, 0.2) is 0 Å². The summed E-state index contributed by atoms with van der Waals surface area (Å²) in [6, 6.07) is 28.6. The number of hydrogen-bond donors (Lipinski definition) is 0. The summed E-state index contributed by atoms with van der Waals surface area (Å²) < 4.78 is 17.1. The van der Waals surface area contributed by atoms with Crippen molar-refractivity contribution in [2.45, 2.75) is 27.7 Å². The third-order valence-corrected chi connectivity index (χ3v) is 4.02. The summed E-state index contributed by atoms with van der Waals surface area (Å²) in [7, 11) is 1.67. The van der Waals surface area contributed by atoms with Crippen LogP contribution in [0.15, 0.2) is 103 Å². The molecule has 162 valence electrons. The number of aryl methyl sites for hydroxylation is 4. The number of hydrogen-bond acceptors (Lipinski definition) is 2. The molecule has 0 aliphatic rings. The van der Waals surface area contributed by atoms with Gasteiger partial charge in [0.2, 0.25) is 0 Å². The lowest BCUT2D eigenvalue weighted by molar-refractivity contribution is 0.414. The Hall–Kier alpha value is -3.46. The van der Waals surface area contributed by atoms with Gasteiger partial charge in [-0.25, -0.2) is 4.39 Å². The Labute approximate surface area is 186 Å². The summed E-state index contributed by atoms with van der Waals surface area (Å²) in [6.07, 6.45) is 3.60. The van der Waals surface area contributed by atoms with Crippen LogP contribution in [0.2, 0.25) is 0 Å². The lowest BCUT2D eigenvalue weighted by atomic mass is 10.2. The molecule has 0 aliphatic carbocycles. The van der Waals surface area contributed by atoms with Crippen molar-refractivity contribution in [3.8, 4) is 5.75 Å². The number of nitrogens with zero attached hydrogens (tertiary/aromatic N) is 1. The van der Waals surface area contributed by atoms with Gasteiger partial charge in [-0.05, 0) is 63.6 Å². The molecule has 0 saturated heterocycles. The molecule has 4 rings (SSSR count). The normalized spacial score (nSPS) is 8.97. The number of benzene rings is 3. The molecule has 4 aromatic rings. The topological polar surface area (TPSA) is 22.1 Å². The summed E-state index contributed by atoms with van der Waals surface area (Å²) >= 11 is 0. The van der Waals surface area contributed by atoms with E-state index >= 15 is 0 Å². The van der Waals surface area contributed by atoms with Crippen molar-refractivity contribution in [1.29, 1.82) is 0 Å². The molecule has 2 nitrogen and oxygen atoms in total. The van der Waals surface area contributed by atoms with Crippen molar-refractivity contribution in [1.82, 2.24) is 4.98 Å². The van der Waals surface area contributed by atoms with Gasteiger partial charge in [0.25, 0.3) is 0 Å². The molecular weight excluding hydrogens is 385 g/mol. The van der Waals surface area contributed by atoms with Crippen LogP contribution in [0.1, 0.15) is 22.3 Å². The molecule has 3 aromatic carbocycles. The second kappa shape index (κ2) is 15.4. The van der Waals surface area contributed by atoms with E-state index in [4.69, 9.17) is 4.74 Å². The highest BCUT2D eigenvalue weighted by Crippen LogP contribution is 2.09. The first kappa shape index (κ1) is 25.6. The van der Waals surface area contributed by atoms with E-state index in [2.05, 4.69) is 31.0 Å². The first-order valence-electron chi connectivity index (χ1n) is 10.1. The van der Waals surface area contributed by atoms with Crippen LogP contribution in [0, 0.1) is 33.5 Å². The zero-order valence-corrected chi connectivity index (χ0v) is 19.0. The predicted octanol–water partition coefficient (Wildman–Crippen LogP) is 7.52. The van der Waals surface area contributed by atoms with Gasteiger partial charge in [-0.3, -0.25) is 4.98 Å². The Morgan fingerprint density at radius 1 is 0.581 bits per heavy atom. The number of ether oxygens (including phenoxy) is 1. The molecule has 0 unspecified atom stereocenters. The van der Waals surface area contributed by atoms with Crippen molar-refractivity contribution >= 4 is 0 Å². The quantitative estimate of drug-likeness (QED) is 0.319. The van der Waals surface area contributed by atoms with E-state index in [0.717, 1.165) is 11.3 Å². The Bertz CT molecular complexity index is 879. The SMILES string of the molecule is COc1ccc(C)cc1.Cc1ccc(F)cc1.Cc1ccccc1.Cc1cccnc1. The number of methoxy groups -OCH3 is 1. The number of halogens is 1. The predicted molar refractivity (Wildman–Crippen MR) is 129 cm³/mol. The fourth-order valence-electron chi connectivity index (χ4n) is 2.19. The van der Waals surface area contributed by atoms with Crippen LogP contribution in [-0.2, 0) is 0 Å². The smallest absolute Gasteiger partial charge is 0.123 e. The summed E-state index contributed by atoms with van der Waals surface area (Å²) in [4.78, 5) is 3.88. The summed E-state index contributed by atoms with van der Waals surface area (Å²) in [5.41, 5.74) is 4.88. The highest BCUT2D eigenvalue weighted by atomic mass is 19.1. The highest BCUT2D eigenvalue weighted by Gasteiger charge is 1.85. The zero-order chi connectivity index (χ0) is 22.9. The van der Waals surface area contributed by atoms with E-state index < -0.39 is 0 Å². The highest BCUT2D eigenvalue weighted by molar-refractivity contribution is 5.25. The van der Waals surface area contributed by atoms with Gasteiger partial charge in [-0.15, -0.1) is 0 Å². The Morgan fingerprint density at radius 2 is 1.06 bits per heavy atom. The third-order valence-electron chi connectivity index (χ3n) is 4.02. The molecule has 0 saturated carbocycles. The first-order chi connectivity index (χ1) is 14.9. The van der Waals surface area contributed by atoms with Crippen molar-refractivity contribution in [2.24, 2.45) is 0 Å². The van der Waals surface area contributed by atoms with Gasteiger partial charge in [-0.1, -0.05) is 77.4 Å². The molecule has 0 aliphatic heterocycles. The molecule has 1 aromatic heterocycles. The van der Waals surface area contributed by atoms with Crippen LogP contribution in [0.5, 0.6) is 5.75 Å². The lowest BCUT2D eigenvalue weighted by Gasteiger charge is -1.97. The van der Waals surface area contributed by atoms with Crippen molar-refractivity contribution in [3.05, 3.63) is 131 Å². The fraction of sp³-hybridized carbons (Fsp3) is 0.179. The van der Waals surface area contributed by atoms with Crippen LogP contribution < -0.4 is 4.74 Å². The summed E-state index contributed by atoms with van der Waals surface area (Å²) in [5.74, 6) is 0.746. The van der Waals surface area contributed by atoms with Gasteiger partial charge >= 0.3 is 0 Å². The minimum atomic E-state index is -0.171. The molecular formula is C28H32FNO. The molecule has 1 heterocycles. The molecule has 0 N–H and O–H groups in total. The molecule has 0 amide bonds. The average molecular weight is 418 g/mol. The Morgan fingerprint density at radius 3 is 1.39 bits per heavy atom. The third kappa shape index (κ3) is 13.4. The summed E-state index contributed by atoms with van der Waals surface area (Å²) in [5, 5.41) is 0. The zero-order valence-electron chi connectivity index (χ0n) is 19.0. The largest absolute Gasteiger partial charge is 0.497 e. The van der Waals surface area contributed by atoms with Gasteiger partial charge in [0.05, 0.1) is 7.11 Å². The number of aromatic nitrogens is 1. The minimum Gasteiger partial charge on any atom is -0.497 e. The minimum absolute atomic E-state index is 0.171. The first-order valence-corrected chi connectivity index (χ1v) is 10.1. The average Bonchev–Trinajstić information content (AvgIpc) is 2.79. The van der Waals surface area contributed by atoms with Crippen LogP contribution in [-0.4, -0.2) is 12.1 Å².